The molecule has 0 heterocycles. The summed E-state index contributed by atoms with van der Waals surface area (Å²) < 4.78 is 15.3. The van der Waals surface area contributed by atoms with Crippen LogP contribution in [0, 0.1) is 20.8 Å². The monoisotopic (exact) mass is 415 g/mol. The summed E-state index contributed by atoms with van der Waals surface area (Å²) in [5.74, 6) is 0. The molecule has 3 aromatic rings. The number of alkyl halides is 2. The average molecular weight is 416 g/mol. The summed E-state index contributed by atoms with van der Waals surface area (Å²) in [7, 11) is -2.43. The highest BCUT2D eigenvalue weighted by Gasteiger charge is 2.52. The van der Waals surface area contributed by atoms with Gasteiger partial charge in [-0.25, -0.2) is 0 Å². The zero-order valence-electron chi connectivity index (χ0n) is 14.7. The molecule has 3 heteroatoms. The minimum absolute atomic E-state index is 1.05. The van der Waals surface area contributed by atoms with Crippen molar-refractivity contribution in [2.75, 3.05) is 0 Å². The van der Waals surface area contributed by atoms with Crippen LogP contribution in [0.1, 0.15) is 16.7 Å². The SMILES string of the molecule is Cc1ccc([P+](c2ccc(C)cc2)(c2ccc(C)cc2)C(F)Br)cc1. The van der Waals surface area contributed by atoms with Gasteiger partial charge in [0.05, 0.1) is 0 Å². The Kier molecular flexibility index (Phi) is 5.41. The summed E-state index contributed by atoms with van der Waals surface area (Å²) in [5.41, 5.74) is 3.54. The van der Waals surface area contributed by atoms with E-state index in [2.05, 4.69) is 109 Å². The Morgan fingerprint density at radius 3 is 1.04 bits per heavy atom. The maximum atomic E-state index is 15.3. The van der Waals surface area contributed by atoms with Gasteiger partial charge in [-0.1, -0.05) is 53.1 Å². The van der Waals surface area contributed by atoms with Crippen molar-refractivity contribution in [1.29, 1.82) is 0 Å². The first kappa shape index (κ1) is 18.3. The molecule has 0 amide bonds. The van der Waals surface area contributed by atoms with Crippen LogP contribution < -0.4 is 15.9 Å². The van der Waals surface area contributed by atoms with Crippen molar-refractivity contribution in [2.45, 2.75) is 25.6 Å². The molecule has 3 rings (SSSR count). The summed E-state index contributed by atoms with van der Waals surface area (Å²) in [6.45, 7) is 6.17. The molecular weight excluding hydrogens is 394 g/mol. The van der Waals surface area contributed by atoms with Gasteiger partial charge in [0.2, 0.25) is 0 Å². The van der Waals surface area contributed by atoms with Gasteiger partial charge < -0.3 is 0 Å². The Bertz CT molecular complexity index is 726. The van der Waals surface area contributed by atoms with Crippen molar-refractivity contribution in [3.8, 4) is 0 Å². The molecule has 25 heavy (non-hydrogen) atoms. The zero-order chi connectivity index (χ0) is 18.0. The minimum Gasteiger partial charge on any atom is -0.190 e. The molecule has 0 nitrogen and oxygen atoms in total. The second kappa shape index (κ2) is 7.40. The molecule has 0 aliphatic heterocycles. The Balaban J connectivity index is 2.33. The molecule has 128 valence electrons. The molecule has 1 unspecified atom stereocenters. The number of rotatable bonds is 4. The van der Waals surface area contributed by atoms with E-state index in [9.17, 15) is 0 Å². The largest absolute Gasteiger partial charge is 0.272 e. The normalized spacial score (nSPS) is 12.8. The van der Waals surface area contributed by atoms with E-state index in [0.29, 0.717) is 0 Å². The first-order chi connectivity index (χ1) is 11.9. The first-order valence-electron chi connectivity index (χ1n) is 8.33. The van der Waals surface area contributed by atoms with E-state index in [1.54, 1.807) is 0 Å². The lowest BCUT2D eigenvalue weighted by Crippen LogP contribution is -2.35. The standard InChI is InChI=1S/C22H22BrFP/c1-16-4-10-19(11-5-16)25(22(23)24,20-12-6-17(2)7-13-20)21-14-8-18(3)9-15-21/h4-15,22H,1-3H3/q+1. The Morgan fingerprint density at radius 1 is 0.600 bits per heavy atom. The maximum Gasteiger partial charge on any atom is 0.272 e. The van der Waals surface area contributed by atoms with Crippen LogP contribution in [0.3, 0.4) is 0 Å². The summed E-state index contributed by atoms with van der Waals surface area (Å²) in [4.78, 5) is -1.15. The van der Waals surface area contributed by atoms with Gasteiger partial charge >= 0.3 is 0 Å². The highest BCUT2D eigenvalue weighted by atomic mass is 79.9. The van der Waals surface area contributed by atoms with Crippen molar-refractivity contribution in [1.82, 2.24) is 0 Å². The number of aryl methyl sites for hydroxylation is 3. The Hall–Kier alpha value is -1.50. The number of hydrogen-bond acceptors (Lipinski definition) is 0. The van der Waals surface area contributed by atoms with Gasteiger partial charge in [0.15, 0.2) is 7.26 Å². The molecule has 3 aromatic carbocycles. The molecule has 0 aliphatic rings. The van der Waals surface area contributed by atoms with Crippen molar-refractivity contribution in [3.63, 3.8) is 0 Å². The van der Waals surface area contributed by atoms with Gasteiger partial charge in [0.25, 0.3) is 4.82 Å². The van der Waals surface area contributed by atoms with Crippen molar-refractivity contribution in [2.24, 2.45) is 0 Å². The van der Waals surface area contributed by atoms with E-state index in [4.69, 9.17) is 0 Å². The minimum atomic E-state index is -2.43. The average Bonchev–Trinajstić information content (AvgIpc) is 2.60. The summed E-state index contributed by atoms with van der Waals surface area (Å²) in [5, 5.41) is 3.15. The quantitative estimate of drug-likeness (QED) is 0.386. The van der Waals surface area contributed by atoms with E-state index in [0.717, 1.165) is 15.9 Å². The third kappa shape index (κ3) is 3.43. The fourth-order valence-corrected chi connectivity index (χ4v) is 8.68. The molecule has 0 N–H and O–H groups in total. The van der Waals surface area contributed by atoms with Gasteiger partial charge in [-0.3, -0.25) is 0 Å². The van der Waals surface area contributed by atoms with E-state index >= 15 is 4.39 Å². The first-order valence-corrected chi connectivity index (χ1v) is 11.1. The van der Waals surface area contributed by atoms with Crippen LogP contribution in [-0.2, 0) is 0 Å². The van der Waals surface area contributed by atoms with Gasteiger partial charge in [-0.15, -0.1) is 0 Å². The van der Waals surface area contributed by atoms with Gasteiger partial charge in [-0.05, 0) is 73.1 Å². The predicted octanol–water partition coefficient (Wildman–Crippen LogP) is 5.55. The van der Waals surface area contributed by atoms with Crippen molar-refractivity contribution >= 4 is 39.1 Å². The summed E-state index contributed by atoms with van der Waals surface area (Å²) >= 11 is 3.35. The topological polar surface area (TPSA) is 0 Å². The lowest BCUT2D eigenvalue weighted by molar-refractivity contribution is 0.569. The molecule has 0 aromatic heterocycles. The molecule has 0 radical (unpaired) electrons. The molecule has 1 atom stereocenters. The van der Waals surface area contributed by atoms with E-state index < -0.39 is 12.1 Å². The number of benzene rings is 3. The molecule has 0 aliphatic carbocycles. The number of halogens is 2. The fraction of sp³-hybridized carbons (Fsp3) is 0.182. The molecule has 0 fully saturated rings. The Labute approximate surface area is 158 Å². The second-order valence-electron chi connectivity index (χ2n) is 6.51. The van der Waals surface area contributed by atoms with Crippen LogP contribution in [0.5, 0.6) is 0 Å². The molecule has 0 spiro atoms. The van der Waals surface area contributed by atoms with E-state index in [1.807, 2.05) is 0 Å². The summed E-state index contributed by atoms with van der Waals surface area (Å²) in [6, 6.07) is 24.9. The van der Waals surface area contributed by atoms with Gasteiger partial charge in [0, 0.05) is 0 Å². The molecule has 0 saturated heterocycles. The smallest absolute Gasteiger partial charge is 0.190 e. The van der Waals surface area contributed by atoms with Crippen LogP contribution >= 0.6 is 23.2 Å². The van der Waals surface area contributed by atoms with Gasteiger partial charge in [0.1, 0.15) is 15.9 Å². The lowest BCUT2D eigenvalue weighted by atomic mass is 10.2. The van der Waals surface area contributed by atoms with E-state index in [-0.39, 0.29) is 0 Å². The highest BCUT2D eigenvalue weighted by Crippen LogP contribution is 2.62. The van der Waals surface area contributed by atoms with Crippen LogP contribution in [0.4, 0.5) is 4.39 Å². The highest BCUT2D eigenvalue weighted by molar-refractivity contribution is 9.11. The van der Waals surface area contributed by atoms with Crippen LogP contribution in [-0.4, -0.2) is 4.82 Å². The van der Waals surface area contributed by atoms with Gasteiger partial charge in [-0.2, -0.15) is 4.39 Å². The van der Waals surface area contributed by atoms with E-state index in [1.165, 1.54) is 16.7 Å². The predicted molar refractivity (Wildman–Crippen MR) is 113 cm³/mol. The van der Waals surface area contributed by atoms with Crippen LogP contribution in [0.2, 0.25) is 0 Å². The second-order valence-corrected chi connectivity index (χ2v) is 11.5. The van der Waals surface area contributed by atoms with Crippen molar-refractivity contribution in [3.05, 3.63) is 89.5 Å². The third-order valence-electron chi connectivity index (χ3n) is 4.62. The maximum absolute atomic E-state index is 15.3. The Morgan fingerprint density at radius 2 is 0.840 bits per heavy atom. The van der Waals surface area contributed by atoms with Crippen LogP contribution in [0.15, 0.2) is 72.8 Å². The third-order valence-corrected chi connectivity index (χ3v) is 10.4. The fourth-order valence-electron chi connectivity index (χ4n) is 3.12. The number of hydrogen-bond donors (Lipinski definition) is 0. The molecular formula is C22H22BrFP+. The van der Waals surface area contributed by atoms with Crippen LogP contribution in [0.25, 0.3) is 0 Å². The summed E-state index contributed by atoms with van der Waals surface area (Å²) in [6.07, 6.45) is 0. The molecule has 0 saturated carbocycles. The zero-order valence-corrected chi connectivity index (χ0v) is 17.2. The molecule has 0 bridgehead atoms. The van der Waals surface area contributed by atoms with Crippen molar-refractivity contribution < 1.29 is 4.39 Å². The lowest BCUT2D eigenvalue weighted by Gasteiger charge is -2.28.